The Morgan fingerprint density at radius 3 is 2.73 bits per heavy atom. The number of allylic oxidation sites excluding steroid dienone is 1. The van der Waals surface area contributed by atoms with Crippen LogP contribution in [-0.4, -0.2) is 10.8 Å². The number of fused-ring (bicyclic) bond motifs is 1. The highest BCUT2D eigenvalue weighted by Crippen LogP contribution is 2.19. The summed E-state index contributed by atoms with van der Waals surface area (Å²) in [5.74, 6) is -0.0423. The summed E-state index contributed by atoms with van der Waals surface area (Å²) in [5, 5.41) is 1.91. The van der Waals surface area contributed by atoms with Crippen molar-refractivity contribution in [3.63, 3.8) is 0 Å². The summed E-state index contributed by atoms with van der Waals surface area (Å²) >= 11 is 0. The number of benzene rings is 1. The molecule has 74 valence electrons. The molecule has 0 N–H and O–H groups in total. The number of carbonyl (C=O) groups excluding carboxylic acids is 1. The van der Waals surface area contributed by atoms with Crippen LogP contribution in [0.1, 0.15) is 17.3 Å². The van der Waals surface area contributed by atoms with Gasteiger partial charge < -0.3 is 0 Å². The van der Waals surface area contributed by atoms with Gasteiger partial charge in [-0.3, -0.25) is 9.78 Å². The molecular weight excluding hydrogens is 186 g/mol. The van der Waals surface area contributed by atoms with Gasteiger partial charge in [0.2, 0.25) is 0 Å². The lowest BCUT2D eigenvalue weighted by atomic mass is 10.0. The van der Waals surface area contributed by atoms with E-state index in [-0.39, 0.29) is 5.78 Å². The molecule has 0 bridgehead atoms. The van der Waals surface area contributed by atoms with Gasteiger partial charge in [-0.1, -0.05) is 30.8 Å². The monoisotopic (exact) mass is 197 g/mol. The molecule has 2 aromatic rings. The van der Waals surface area contributed by atoms with Crippen LogP contribution < -0.4 is 0 Å². The van der Waals surface area contributed by atoms with E-state index >= 15 is 0 Å². The number of rotatable bonds is 2. The first-order valence-electron chi connectivity index (χ1n) is 4.73. The fraction of sp³-hybridized carbons (Fsp3) is 0.0769. The average Bonchev–Trinajstić information content (AvgIpc) is 2.27. The van der Waals surface area contributed by atoms with Crippen LogP contribution in [0.2, 0.25) is 0 Å². The first-order chi connectivity index (χ1) is 7.20. The minimum Gasteiger partial charge on any atom is -0.289 e. The molecule has 1 heterocycles. The standard InChI is InChI=1S/C13H11NO/c1-9(2)13(15)12-8-14-7-10-5-3-4-6-11(10)12/h3-8H,1H2,2H3. The number of carbonyl (C=O) groups is 1. The fourth-order valence-electron chi connectivity index (χ4n) is 1.53. The van der Waals surface area contributed by atoms with E-state index < -0.39 is 0 Å². The Bertz CT molecular complexity index is 538. The van der Waals surface area contributed by atoms with E-state index in [1.165, 1.54) is 0 Å². The average molecular weight is 197 g/mol. The molecule has 0 unspecified atom stereocenters. The van der Waals surface area contributed by atoms with E-state index in [4.69, 9.17) is 0 Å². The van der Waals surface area contributed by atoms with Crippen LogP contribution in [0.5, 0.6) is 0 Å². The predicted molar refractivity (Wildman–Crippen MR) is 60.9 cm³/mol. The zero-order valence-corrected chi connectivity index (χ0v) is 8.53. The zero-order chi connectivity index (χ0) is 10.8. The van der Waals surface area contributed by atoms with Gasteiger partial charge in [-0.15, -0.1) is 0 Å². The smallest absolute Gasteiger partial charge is 0.190 e. The number of ketones is 1. The van der Waals surface area contributed by atoms with Crippen LogP contribution in [0, 0.1) is 0 Å². The summed E-state index contributed by atoms with van der Waals surface area (Å²) in [6.07, 6.45) is 3.35. The van der Waals surface area contributed by atoms with Crippen molar-refractivity contribution in [3.8, 4) is 0 Å². The highest BCUT2D eigenvalue weighted by Gasteiger charge is 2.10. The lowest BCUT2D eigenvalue weighted by molar-refractivity contribution is 0.103. The van der Waals surface area contributed by atoms with Crippen LogP contribution in [0.4, 0.5) is 0 Å². The summed E-state index contributed by atoms with van der Waals surface area (Å²) in [6.45, 7) is 5.37. The Kier molecular flexibility index (Phi) is 2.34. The van der Waals surface area contributed by atoms with Crippen molar-refractivity contribution >= 4 is 16.6 Å². The number of nitrogens with zero attached hydrogens (tertiary/aromatic N) is 1. The molecule has 0 aliphatic carbocycles. The normalized spacial score (nSPS) is 10.2. The molecule has 2 heteroatoms. The summed E-state index contributed by atoms with van der Waals surface area (Å²) in [6, 6.07) is 7.71. The third-order valence-corrected chi connectivity index (χ3v) is 2.30. The minimum atomic E-state index is -0.0423. The number of aromatic nitrogens is 1. The van der Waals surface area contributed by atoms with Crippen LogP contribution in [0.3, 0.4) is 0 Å². The molecule has 15 heavy (non-hydrogen) atoms. The van der Waals surface area contributed by atoms with Gasteiger partial charge in [-0.05, 0) is 17.9 Å². The molecule has 0 saturated carbocycles. The van der Waals surface area contributed by atoms with Gasteiger partial charge in [0.15, 0.2) is 5.78 Å². The van der Waals surface area contributed by atoms with Gasteiger partial charge in [0.25, 0.3) is 0 Å². The summed E-state index contributed by atoms with van der Waals surface area (Å²) < 4.78 is 0. The van der Waals surface area contributed by atoms with E-state index in [1.54, 1.807) is 19.3 Å². The molecule has 2 rings (SSSR count). The molecule has 0 saturated heterocycles. The van der Waals surface area contributed by atoms with Gasteiger partial charge >= 0.3 is 0 Å². The van der Waals surface area contributed by atoms with Crippen LogP contribution in [-0.2, 0) is 0 Å². The molecular formula is C13H11NO. The van der Waals surface area contributed by atoms with Gasteiger partial charge in [-0.25, -0.2) is 0 Å². The lowest BCUT2D eigenvalue weighted by Gasteiger charge is -2.03. The molecule has 0 aliphatic rings. The van der Waals surface area contributed by atoms with Crippen molar-refractivity contribution in [3.05, 3.63) is 54.4 Å². The van der Waals surface area contributed by atoms with Crippen molar-refractivity contribution in [2.75, 3.05) is 0 Å². The first-order valence-corrected chi connectivity index (χ1v) is 4.73. The maximum absolute atomic E-state index is 11.8. The minimum absolute atomic E-state index is 0.0423. The highest BCUT2D eigenvalue weighted by molar-refractivity contribution is 6.15. The second-order valence-electron chi connectivity index (χ2n) is 3.52. The Labute approximate surface area is 88.3 Å². The molecule has 0 spiro atoms. The molecule has 1 aromatic carbocycles. The van der Waals surface area contributed by atoms with Gasteiger partial charge in [0.1, 0.15) is 0 Å². The Hall–Kier alpha value is -1.96. The number of Topliss-reactive ketones (excluding diaryl/α,β-unsaturated/α-hetero) is 1. The van der Waals surface area contributed by atoms with Crippen LogP contribution >= 0.6 is 0 Å². The lowest BCUT2D eigenvalue weighted by Crippen LogP contribution is -2.01. The largest absolute Gasteiger partial charge is 0.289 e. The SMILES string of the molecule is C=C(C)C(=O)c1cncc2ccccc12. The summed E-state index contributed by atoms with van der Waals surface area (Å²) in [5.41, 5.74) is 1.16. The Morgan fingerprint density at radius 1 is 1.27 bits per heavy atom. The number of pyridine rings is 1. The van der Waals surface area contributed by atoms with Crippen molar-refractivity contribution in [2.45, 2.75) is 6.92 Å². The van der Waals surface area contributed by atoms with E-state index in [1.807, 2.05) is 24.3 Å². The molecule has 1 aromatic heterocycles. The summed E-state index contributed by atoms with van der Waals surface area (Å²) in [7, 11) is 0. The third-order valence-electron chi connectivity index (χ3n) is 2.30. The first kappa shape index (κ1) is 9.59. The maximum Gasteiger partial charge on any atom is 0.190 e. The molecule has 0 atom stereocenters. The molecule has 0 amide bonds. The molecule has 0 radical (unpaired) electrons. The van der Waals surface area contributed by atoms with Crippen molar-refractivity contribution < 1.29 is 4.79 Å². The van der Waals surface area contributed by atoms with Crippen LogP contribution in [0.25, 0.3) is 10.8 Å². The molecule has 0 fully saturated rings. The van der Waals surface area contributed by atoms with Crippen molar-refractivity contribution in [1.82, 2.24) is 4.98 Å². The number of hydrogen-bond donors (Lipinski definition) is 0. The number of hydrogen-bond acceptors (Lipinski definition) is 2. The van der Waals surface area contributed by atoms with E-state index in [0.717, 1.165) is 10.8 Å². The predicted octanol–water partition coefficient (Wildman–Crippen LogP) is 2.99. The second kappa shape index (κ2) is 3.65. The highest BCUT2D eigenvalue weighted by atomic mass is 16.1. The van der Waals surface area contributed by atoms with Gasteiger partial charge in [0, 0.05) is 23.3 Å². The quantitative estimate of drug-likeness (QED) is 0.547. The van der Waals surface area contributed by atoms with Gasteiger partial charge in [-0.2, -0.15) is 0 Å². The Morgan fingerprint density at radius 2 is 2.00 bits per heavy atom. The van der Waals surface area contributed by atoms with Crippen molar-refractivity contribution in [2.24, 2.45) is 0 Å². The Balaban J connectivity index is 2.71. The molecule has 0 aliphatic heterocycles. The summed E-state index contributed by atoms with van der Waals surface area (Å²) in [4.78, 5) is 15.9. The topological polar surface area (TPSA) is 30.0 Å². The van der Waals surface area contributed by atoms with Gasteiger partial charge in [0.05, 0.1) is 0 Å². The van der Waals surface area contributed by atoms with E-state index in [2.05, 4.69) is 11.6 Å². The van der Waals surface area contributed by atoms with E-state index in [0.29, 0.717) is 11.1 Å². The third kappa shape index (κ3) is 1.66. The second-order valence-corrected chi connectivity index (χ2v) is 3.52. The fourth-order valence-corrected chi connectivity index (χ4v) is 1.53. The zero-order valence-electron chi connectivity index (χ0n) is 8.53. The van der Waals surface area contributed by atoms with Crippen LogP contribution in [0.15, 0.2) is 48.8 Å². The van der Waals surface area contributed by atoms with Crippen molar-refractivity contribution in [1.29, 1.82) is 0 Å². The van der Waals surface area contributed by atoms with E-state index in [9.17, 15) is 4.79 Å². The molecule has 2 nitrogen and oxygen atoms in total. The maximum atomic E-state index is 11.8.